The third-order valence-electron chi connectivity index (χ3n) is 0.819. The molecule has 0 spiro atoms. The molecule has 0 bridgehead atoms. The molecule has 0 saturated carbocycles. The number of hydrogen-bond donors (Lipinski definition) is 0. The summed E-state index contributed by atoms with van der Waals surface area (Å²) in [7, 11) is 0. The van der Waals surface area contributed by atoms with Crippen LogP contribution < -0.4 is 0 Å². The van der Waals surface area contributed by atoms with Gasteiger partial charge in [0.2, 0.25) is 0 Å². The van der Waals surface area contributed by atoms with Crippen molar-refractivity contribution in [3.63, 3.8) is 0 Å². The smallest absolute Gasteiger partial charge is 0.176 e. The van der Waals surface area contributed by atoms with Crippen LogP contribution in [0.25, 0.3) is 0 Å². The molecular formula is C7H14O2. The van der Waals surface area contributed by atoms with Gasteiger partial charge in [0, 0.05) is 13.2 Å². The molecule has 0 aromatic carbocycles. The van der Waals surface area contributed by atoms with Crippen molar-refractivity contribution in [2.75, 3.05) is 13.2 Å². The topological polar surface area (TPSA) is 18.5 Å². The summed E-state index contributed by atoms with van der Waals surface area (Å²) in [6.07, 6.45) is 1.22. The van der Waals surface area contributed by atoms with Gasteiger partial charge in [0.25, 0.3) is 0 Å². The molecule has 0 aliphatic carbocycles. The molecule has 2 heteroatoms. The highest BCUT2D eigenvalue weighted by Gasteiger charge is 1.98. The first-order valence-corrected chi connectivity index (χ1v) is 3.13. The van der Waals surface area contributed by atoms with E-state index in [0.717, 1.165) is 0 Å². The summed E-state index contributed by atoms with van der Waals surface area (Å²) in [5.41, 5.74) is 0. The second-order valence-corrected chi connectivity index (χ2v) is 1.47. The van der Waals surface area contributed by atoms with E-state index in [2.05, 4.69) is 0 Å². The molecule has 0 heterocycles. The van der Waals surface area contributed by atoms with Crippen molar-refractivity contribution >= 4 is 0 Å². The molecule has 0 atom stereocenters. The van der Waals surface area contributed by atoms with E-state index in [1.165, 1.54) is 6.55 Å². The van der Waals surface area contributed by atoms with Crippen molar-refractivity contribution in [1.29, 1.82) is 0 Å². The summed E-state index contributed by atoms with van der Waals surface area (Å²) in [6, 6.07) is 0. The molecular weight excluding hydrogens is 116 g/mol. The first-order chi connectivity index (χ1) is 4.85. The average Bonchev–Trinajstić information content (AvgIpc) is 1.90. The van der Waals surface area contributed by atoms with Gasteiger partial charge in [-0.1, -0.05) is 6.55 Å². The standard InChI is InChI=1S/C7H14O2/c1-4-7(8-5-2)9-6-3/h4,7H,1,5-6H2,2-3H3/i1D/b4-1+. The Kier molecular flexibility index (Phi) is 4.36. The van der Waals surface area contributed by atoms with Gasteiger partial charge in [-0.2, -0.15) is 0 Å². The minimum absolute atomic E-state index is 0.340. The van der Waals surface area contributed by atoms with Gasteiger partial charge >= 0.3 is 0 Å². The van der Waals surface area contributed by atoms with E-state index in [1.54, 1.807) is 6.08 Å². The lowest BCUT2D eigenvalue weighted by molar-refractivity contribution is -0.103. The van der Waals surface area contributed by atoms with Crippen molar-refractivity contribution < 1.29 is 10.8 Å². The van der Waals surface area contributed by atoms with Gasteiger partial charge in [0.05, 0.1) is 1.37 Å². The molecule has 54 valence electrons. The van der Waals surface area contributed by atoms with Crippen LogP contribution >= 0.6 is 0 Å². The molecule has 9 heavy (non-hydrogen) atoms. The third-order valence-corrected chi connectivity index (χ3v) is 0.819. The number of rotatable bonds is 5. The lowest BCUT2D eigenvalue weighted by atomic mass is 10.6. The fourth-order valence-electron chi connectivity index (χ4n) is 0.488. The molecule has 0 aromatic rings. The van der Waals surface area contributed by atoms with Crippen molar-refractivity contribution in [1.82, 2.24) is 0 Å². The summed E-state index contributed by atoms with van der Waals surface area (Å²) in [5.74, 6) is 0. The zero-order valence-electron chi connectivity index (χ0n) is 6.96. The van der Waals surface area contributed by atoms with Gasteiger partial charge in [0.15, 0.2) is 6.29 Å². The Morgan fingerprint density at radius 1 is 1.56 bits per heavy atom. The molecule has 0 aliphatic rings. The lowest BCUT2D eigenvalue weighted by Crippen LogP contribution is -2.13. The normalized spacial score (nSPS) is 13.0. The maximum atomic E-state index is 6.75. The molecule has 0 saturated heterocycles. The fraction of sp³-hybridized carbons (Fsp3) is 0.714. The van der Waals surface area contributed by atoms with Crippen LogP contribution in [0.2, 0.25) is 0 Å². The predicted octanol–water partition coefficient (Wildman–Crippen LogP) is 1.57. The van der Waals surface area contributed by atoms with Crippen LogP contribution in [-0.2, 0) is 9.47 Å². The van der Waals surface area contributed by atoms with Crippen molar-refractivity contribution in [2.45, 2.75) is 20.1 Å². The highest BCUT2D eigenvalue weighted by Crippen LogP contribution is 1.94. The van der Waals surface area contributed by atoms with Gasteiger partial charge in [0.1, 0.15) is 0 Å². The van der Waals surface area contributed by atoms with E-state index in [0.29, 0.717) is 13.2 Å². The van der Waals surface area contributed by atoms with Gasteiger partial charge in [-0.15, -0.1) is 0 Å². The molecule has 0 aliphatic heterocycles. The Morgan fingerprint density at radius 3 is 2.44 bits per heavy atom. The minimum atomic E-state index is -0.340. The van der Waals surface area contributed by atoms with Crippen LogP contribution in [-0.4, -0.2) is 19.5 Å². The van der Waals surface area contributed by atoms with Crippen LogP contribution in [0.3, 0.4) is 0 Å². The summed E-state index contributed by atoms with van der Waals surface area (Å²) in [6.45, 7) is 6.17. The fourth-order valence-corrected chi connectivity index (χ4v) is 0.488. The van der Waals surface area contributed by atoms with E-state index in [4.69, 9.17) is 10.8 Å². The Morgan fingerprint density at radius 2 is 2.11 bits per heavy atom. The second kappa shape index (κ2) is 5.79. The van der Waals surface area contributed by atoms with Crippen molar-refractivity contribution in [2.24, 2.45) is 0 Å². The maximum absolute atomic E-state index is 6.75. The minimum Gasteiger partial charge on any atom is -0.349 e. The zero-order valence-corrected chi connectivity index (χ0v) is 5.96. The first-order valence-electron chi connectivity index (χ1n) is 3.71. The largest absolute Gasteiger partial charge is 0.349 e. The van der Waals surface area contributed by atoms with E-state index >= 15 is 0 Å². The van der Waals surface area contributed by atoms with Crippen LogP contribution in [0.4, 0.5) is 0 Å². The molecule has 0 N–H and O–H groups in total. The molecule has 0 fully saturated rings. The average molecular weight is 131 g/mol. The van der Waals surface area contributed by atoms with Crippen LogP contribution in [0.15, 0.2) is 12.6 Å². The molecule has 0 aromatic heterocycles. The Labute approximate surface area is 57.9 Å². The van der Waals surface area contributed by atoms with Crippen LogP contribution in [0.1, 0.15) is 15.2 Å². The van der Waals surface area contributed by atoms with E-state index in [9.17, 15) is 0 Å². The zero-order chi connectivity index (χ0) is 7.82. The van der Waals surface area contributed by atoms with Crippen molar-refractivity contribution in [3.05, 3.63) is 12.6 Å². The molecule has 0 radical (unpaired) electrons. The summed E-state index contributed by atoms with van der Waals surface area (Å²) < 4.78 is 16.9. The summed E-state index contributed by atoms with van der Waals surface area (Å²) in [5, 5.41) is 0. The first kappa shape index (κ1) is 6.78. The second-order valence-electron chi connectivity index (χ2n) is 1.47. The van der Waals surface area contributed by atoms with Gasteiger partial charge in [-0.3, -0.25) is 0 Å². The monoisotopic (exact) mass is 131 g/mol. The summed E-state index contributed by atoms with van der Waals surface area (Å²) >= 11 is 0. The SMILES string of the molecule is [2H]/C=C/C(OCC)OCC. The molecule has 0 amide bonds. The summed E-state index contributed by atoms with van der Waals surface area (Å²) in [4.78, 5) is 0. The Bertz CT molecular complexity index is 87.6. The van der Waals surface area contributed by atoms with E-state index in [-0.39, 0.29) is 6.29 Å². The van der Waals surface area contributed by atoms with Gasteiger partial charge < -0.3 is 9.47 Å². The van der Waals surface area contributed by atoms with E-state index in [1.807, 2.05) is 13.8 Å². The van der Waals surface area contributed by atoms with Crippen molar-refractivity contribution in [3.8, 4) is 0 Å². The van der Waals surface area contributed by atoms with Gasteiger partial charge in [-0.25, -0.2) is 0 Å². The molecule has 0 unspecified atom stereocenters. The number of ether oxygens (including phenoxy) is 2. The maximum Gasteiger partial charge on any atom is 0.176 e. The predicted molar refractivity (Wildman–Crippen MR) is 37.2 cm³/mol. The quantitative estimate of drug-likeness (QED) is 0.416. The number of hydrogen-bond acceptors (Lipinski definition) is 2. The van der Waals surface area contributed by atoms with Gasteiger partial charge in [-0.05, 0) is 19.9 Å². The highest BCUT2D eigenvalue weighted by molar-refractivity contribution is 4.71. The van der Waals surface area contributed by atoms with Crippen LogP contribution in [0, 0.1) is 0 Å². The Balaban J connectivity index is 3.50. The van der Waals surface area contributed by atoms with Crippen LogP contribution in [0.5, 0.6) is 0 Å². The third kappa shape index (κ3) is 4.18. The lowest BCUT2D eigenvalue weighted by Gasteiger charge is -2.10. The highest BCUT2D eigenvalue weighted by atomic mass is 16.7. The molecule has 0 rings (SSSR count). The van der Waals surface area contributed by atoms with E-state index < -0.39 is 0 Å². The molecule has 2 nitrogen and oxygen atoms in total. The Hall–Kier alpha value is -0.340.